The fourth-order valence-corrected chi connectivity index (χ4v) is 6.15. The van der Waals surface area contributed by atoms with E-state index < -0.39 is 8.32 Å². The molecule has 0 amide bonds. The summed E-state index contributed by atoms with van der Waals surface area (Å²) in [6.45, 7) is 26.3. The molecule has 1 atom stereocenters. The van der Waals surface area contributed by atoms with Crippen LogP contribution in [-0.4, -0.2) is 35.5 Å². The summed E-state index contributed by atoms with van der Waals surface area (Å²) in [6.07, 6.45) is 4.04. The summed E-state index contributed by atoms with van der Waals surface area (Å²) in [5.41, 5.74) is 7.22. The van der Waals surface area contributed by atoms with Crippen molar-refractivity contribution in [2.45, 2.75) is 98.4 Å². The molecular weight excluding hydrogens is 579 g/mol. The number of benzene rings is 2. The zero-order valence-corrected chi connectivity index (χ0v) is 29.7. The number of aromatic nitrogens is 3. The number of hydrogen-bond acceptors (Lipinski definition) is 6. The molecule has 2 heterocycles. The number of hydrogen-bond donors (Lipinski definition) is 0. The van der Waals surface area contributed by atoms with Gasteiger partial charge in [-0.05, 0) is 91.5 Å². The van der Waals surface area contributed by atoms with Crippen LogP contribution >= 0.6 is 0 Å². The third-order valence-corrected chi connectivity index (χ3v) is 13.0. The first kappa shape index (κ1) is 34.0. The standard InChI is InChI=1S/C37H49N3O4Si/c1-12-28(21-33(41)42-13-2)29-14-16-30(17-15-29)43-23-27-20-32(36-38-35(24(3)4)39-40(36)22-27)34-25(5)18-31(19-26(34)6)44-45(10,11)37(7,8)9/h12,14-20,22,24,28H,1,13,21,23H2,2-11H3/t28-/m0/s1. The Bertz CT molecular complexity index is 1640. The van der Waals surface area contributed by atoms with Crippen molar-refractivity contribution in [3.05, 3.63) is 89.4 Å². The molecule has 0 aliphatic rings. The molecule has 0 saturated heterocycles. The first-order chi connectivity index (χ1) is 21.1. The second kappa shape index (κ2) is 13.6. The summed E-state index contributed by atoms with van der Waals surface area (Å²) in [7, 11) is -1.98. The molecule has 4 aromatic rings. The smallest absolute Gasteiger partial charge is 0.306 e. The molecule has 240 valence electrons. The van der Waals surface area contributed by atoms with Crippen molar-refractivity contribution >= 4 is 19.9 Å². The highest BCUT2D eigenvalue weighted by atomic mass is 28.4. The zero-order valence-electron chi connectivity index (χ0n) is 28.7. The SMILES string of the molecule is C=C[C@@H](CC(=O)OCC)c1ccc(OCc2cc(-c3c(C)cc(O[Si](C)(C)C(C)(C)C)cc3C)c3nc(C(C)C)nn3c2)cc1. The number of nitrogens with zero attached hydrogens (tertiary/aromatic N) is 3. The van der Waals surface area contributed by atoms with E-state index in [-0.39, 0.29) is 29.3 Å². The quantitative estimate of drug-likeness (QED) is 0.0885. The van der Waals surface area contributed by atoms with Crippen molar-refractivity contribution in [3.8, 4) is 22.6 Å². The van der Waals surface area contributed by atoms with Gasteiger partial charge in [0.2, 0.25) is 8.32 Å². The van der Waals surface area contributed by atoms with Gasteiger partial charge in [0.25, 0.3) is 0 Å². The second-order valence-corrected chi connectivity index (χ2v) is 18.4. The van der Waals surface area contributed by atoms with E-state index in [1.54, 1.807) is 6.08 Å². The van der Waals surface area contributed by atoms with Crippen LogP contribution in [0.5, 0.6) is 11.5 Å². The van der Waals surface area contributed by atoms with Crippen molar-refractivity contribution in [2.75, 3.05) is 6.61 Å². The average Bonchev–Trinajstić information content (AvgIpc) is 3.39. The van der Waals surface area contributed by atoms with Crippen LogP contribution in [0.3, 0.4) is 0 Å². The largest absolute Gasteiger partial charge is 0.543 e. The fourth-order valence-electron chi connectivity index (χ4n) is 5.14. The minimum absolute atomic E-state index is 0.110. The van der Waals surface area contributed by atoms with E-state index in [2.05, 4.69) is 86.3 Å². The number of carbonyl (C=O) groups is 1. The maximum atomic E-state index is 12.0. The molecule has 2 aromatic carbocycles. The van der Waals surface area contributed by atoms with Gasteiger partial charge in [-0.25, -0.2) is 9.50 Å². The van der Waals surface area contributed by atoms with Crippen LogP contribution in [0, 0.1) is 13.8 Å². The van der Waals surface area contributed by atoms with Gasteiger partial charge in [0.05, 0.1) is 13.0 Å². The Labute approximate surface area is 269 Å². The van der Waals surface area contributed by atoms with Gasteiger partial charge in [-0.1, -0.05) is 52.8 Å². The highest BCUT2D eigenvalue weighted by Crippen LogP contribution is 2.40. The number of ether oxygens (including phenoxy) is 2. The molecule has 0 aliphatic carbocycles. The van der Waals surface area contributed by atoms with E-state index in [0.717, 1.165) is 56.4 Å². The van der Waals surface area contributed by atoms with Crippen LogP contribution in [-0.2, 0) is 16.1 Å². The molecule has 0 bridgehead atoms. The molecule has 0 radical (unpaired) electrons. The average molecular weight is 628 g/mol. The first-order valence-corrected chi connectivity index (χ1v) is 18.7. The van der Waals surface area contributed by atoms with Crippen molar-refractivity contribution in [2.24, 2.45) is 0 Å². The number of rotatable bonds is 12. The Kier molecular flexibility index (Phi) is 10.3. The summed E-state index contributed by atoms with van der Waals surface area (Å²) in [5, 5.41) is 4.94. The van der Waals surface area contributed by atoms with Gasteiger partial charge in [-0.2, -0.15) is 5.10 Å². The lowest BCUT2D eigenvalue weighted by atomic mass is 9.95. The highest BCUT2D eigenvalue weighted by Gasteiger charge is 2.39. The van der Waals surface area contributed by atoms with Crippen LogP contribution in [0.15, 0.2) is 61.3 Å². The molecular formula is C37H49N3O4Si. The normalized spacial score (nSPS) is 12.8. The van der Waals surface area contributed by atoms with Crippen LogP contribution in [0.1, 0.15) is 87.9 Å². The van der Waals surface area contributed by atoms with Crippen LogP contribution in [0.25, 0.3) is 16.8 Å². The molecule has 4 rings (SSSR count). The summed E-state index contributed by atoms with van der Waals surface area (Å²) in [6, 6.07) is 14.3. The second-order valence-electron chi connectivity index (χ2n) is 13.7. The Balaban J connectivity index is 1.65. The third-order valence-electron chi connectivity index (χ3n) is 8.67. The number of carbonyl (C=O) groups excluding carboxylic acids is 1. The number of aryl methyl sites for hydroxylation is 2. The molecule has 45 heavy (non-hydrogen) atoms. The Morgan fingerprint density at radius 2 is 1.69 bits per heavy atom. The molecule has 0 fully saturated rings. The van der Waals surface area contributed by atoms with Crippen molar-refractivity contribution < 1.29 is 18.7 Å². The summed E-state index contributed by atoms with van der Waals surface area (Å²) in [5.74, 6) is 2.31. The van der Waals surface area contributed by atoms with Gasteiger partial charge in [0.15, 0.2) is 11.5 Å². The monoisotopic (exact) mass is 627 g/mol. The Hall–Kier alpha value is -3.91. The lowest BCUT2D eigenvalue weighted by Crippen LogP contribution is -2.43. The maximum absolute atomic E-state index is 12.0. The van der Waals surface area contributed by atoms with Gasteiger partial charge in [0, 0.05) is 29.2 Å². The summed E-state index contributed by atoms with van der Waals surface area (Å²) in [4.78, 5) is 17.0. The molecule has 0 saturated carbocycles. The lowest BCUT2D eigenvalue weighted by Gasteiger charge is -2.36. The minimum atomic E-state index is -1.98. The number of allylic oxidation sites excluding steroid dienone is 1. The van der Waals surface area contributed by atoms with E-state index in [4.69, 9.17) is 24.0 Å². The predicted octanol–water partition coefficient (Wildman–Crippen LogP) is 9.32. The molecule has 0 N–H and O–H groups in total. The molecule has 0 unspecified atom stereocenters. The van der Waals surface area contributed by atoms with Gasteiger partial charge in [-0.15, -0.1) is 6.58 Å². The van der Waals surface area contributed by atoms with E-state index in [0.29, 0.717) is 13.2 Å². The van der Waals surface area contributed by atoms with E-state index in [1.807, 2.05) is 41.9 Å². The topological polar surface area (TPSA) is 75.0 Å². The van der Waals surface area contributed by atoms with Gasteiger partial charge in [0.1, 0.15) is 18.1 Å². The summed E-state index contributed by atoms with van der Waals surface area (Å²) < 4.78 is 19.9. The first-order valence-electron chi connectivity index (χ1n) is 15.8. The highest BCUT2D eigenvalue weighted by molar-refractivity contribution is 6.74. The number of fused-ring (bicyclic) bond motifs is 1. The molecule has 0 spiro atoms. The van der Waals surface area contributed by atoms with E-state index in [1.165, 1.54) is 0 Å². The zero-order chi connectivity index (χ0) is 33.1. The van der Waals surface area contributed by atoms with Crippen LogP contribution in [0.4, 0.5) is 0 Å². The third kappa shape index (κ3) is 7.85. The van der Waals surface area contributed by atoms with Gasteiger partial charge < -0.3 is 13.9 Å². The predicted molar refractivity (Wildman–Crippen MR) is 185 cm³/mol. The van der Waals surface area contributed by atoms with Crippen molar-refractivity contribution in [1.29, 1.82) is 0 Å². The van der Waals surface area contributed by atoms with Crippen LogP contribution < -0.4 is 9.16 Å². The molecule has 8 heteroatoms. The van der Waals surface area contributed by atoms with E-state index >= 15 is 0 Å². The van der Waals surface area contributed by atoms with Crippen molar-refractivity contribution in [3.63, 3.8) is 0 Å². The van der Waals surface area contributed by atoms with Crippen LogP contribution in [0.2, 0.25) is 18.1 Å². The minimum Gasteiger partial charge on any atom is -0.543 e. The Morgan fingerprint density at radius 3 is 2.24 bits per heavy atom. The molecule has 2 aromatic heterocycles. The number of esters is 1. The van der Waals surface area contributed by atoms with Gasteiger partial charge >= 0.3 is 5.97 Å². The van der Waals surface area contributed by atoms with Crippen molar-refractivity contribution in [1.82, 2.24) is 14.6 Å². The Morgan fingerprint density at radius 1 is 1.04 bits per heavy atom. The molecule has 0 aliphatic heterocycles. The maximum Gasteiger partial charge on any atom is 0.306 e. The van der Waals surface area contributed by atoms with E-state index in [9.17, 15) is 4.79 Å². The molecule has 7 nitrogen and oxygen atoms in total. The van der Waals surface area contributed by atoms with Gasteiger partial charge in [-0.3, -0.25) is 4.79 Å². The number of pyridine rings is 1. The lowest BCUT2D eigenvalue weighted by molar-refractivity contribution is -0.143. The fraction of sp³-hybridized carbons (Fsp3) is 0.432. The summed E-state index contributed by atoms with van der Waals surface area (Å²) >= 11 is 0.